The van der Waals surface area contributed by atoms with Crippen molar-refractivity contribution < 1.29 is 9.84 Å². The zero-order valence-corrected chi connectivity index (χ0v) is 12.5. The number of benzene rings is 2. The topological polar surface area (TPSA) is 29.5 Å². The van der Waals surface area contributed by atoms with E-state index in [2.05, 4.69) is 12.1 Å². The average molecular weight is 282 g/mol. The van der Waals surface area contributed by atoms with E-state index in [9.17, 15) is 5.11 Å². The monoisotopic (exact) mass is 282 g/mol. The molecule has 2 aromatic rings. The maximum atomic E-state index is 10.1. The van der Waals surface area contributed by atoms with E-state index < -0.39 is 6.10 Å². The first-order chi connectivity index (χ1) is 10.3. The maximum Gasteiger partial charge on any atom is 0.133 e. The number of aliphatic hydroxyl groups excluding tert-OH is 1. The van der Waals surface area contributed by atoms with Gasteiger partial charge in [0.15, 0.2) is 0 Å². The molecule has 0 saturated carbocycles. The van der Waals surface area contributed by atoms with Crippen LogP contribution in [-0.2, 0) is 12.8 Å². The minimum atomic E-state index is -0.473. The van der Waals surface area contributed by atoms with Gasteiger partial charge < -0.3 is 9.84 Å². The molecule has 0 fully saturated rings. The van der Waals surface area contributed by atoms with Crippen LogP contribution in [-0.4, -0.2) is 5.11 Å². The van der Waals surface area contributed by atoms with Crippen molar-refractivity contribution >= 4 is 0 Å². The summed E-state index contributed by atoms with van der Waals surface area (Å²) < 4.78 is 6.04. The molecule has 1 aliphatic rings. The van der Waals surface area contributed by atoms with Crippen molar-refractivity contribution in [1.29, 1.82) is 0 Å². The third-order valence-electron chi connectivity index (χ3n) is 4.21. The van der Waals surface area contributed by atoms with Gasteiger partial charge in [0.05, 0.1) is 6.10 Å². The SMILES string of the molecule is CCC(O)c1ccccc1Oc1ccc2c(c1)CCCC2. The molecule has 0 aromatic heterocycles. The van der Waals surface area contributed by atoms with Gasteiger partial charge in [-0.15, -0.1) is 0 Å². The van der Waals surface area contributed by atoms with E-state index in [0.29, 0.717) is 6.42 Å². The Labute approximate surface area is 126 Å². The van der Waals surface area contributed by atoms with Gasteiger partial charge in [0.2, 0.25) is 0 Å². The Morgan fingerprint density at radius 2 is 1.81 bits per heavy atom. The third kappa shape index (κ3) is 3.11. The van der Waals surface area contributed by atoms with E-state index in [1.807, 2.05) is 37.3 Å². The molecule has 0 amide bonds. The van der Waals surface area contributed by atoms with Crippen molar-refractivity contribution in [3.63, 3.8) is 0 Å². The van der Waals surface area contributed by atoms with Gasteiger partial charge in [0.1, 0.15) is 11.5 Å². The molecule has 2 aromatic carbocycles. The smallest absolute Gasteiger partial charge is 0.133 e. The Kier molecular flexibility index (Phi) is 4.26. The highest BCUT2D eigenvalue weighted by Crippen LogP contribution is 2.33. The summed E-state index contributed by atoms with van der Waals surface area (Å²) in [6, 6.07) is 14.1. The number of para-hydroxylation sites is 1. The van der Waals surface area contributed by atoms with Gasteiger partial charge in [-0.1, -0.05) is 31.2 Å². The lowest BCUT2D eigenvalue weighted by atomic mass is 9.92. The summed E-state index contributed by atoms with van der Waals surface area (Å²) in [4.78, 5) is 0. The van der Waals surface area contributed by atoms with Crippen LogP contribution in [0.2, 0.25) is 0 Å². The van der Waals surface area contributed by atoms with Gasteiger partial charge in [-0.05, 0) is 61.4 Å². The van der Waals surface area contributed by atoms with Gasteiger partial charge in [-0.3, -0.25) is 0 Å². The summed E-state index contributed by atoms with van der Waals surface area (Å²) in [6.07, 6.45) is 5.09. The molecular weight excluding hydrogens is 260 g/mol. The highest BCUT2D eigenvalue weighted by atomic mass is 16.5. The van der Waals surface area contributed by atoms with Crippen molar-refractivity contribution in [3.8, 4) is 11.5 Å². The molecule has 2 nitrogen and oxygen atoms in total. The van der Waals surface area contributed by atoms with Gasteiger partial charge in [0.25, 0.3) is 0 Å². The summed E-state index contributed by atoms with van der Waals surface area (Å²) in [5, 5.41) is 10.1. The molecular formula is C19H22O2. The zero-order valence-electron chi connectivity index (χ0n) is 12.5. The fraction of sp³-hybridized carbons (Fsp3) is 0.368. The first kappa shape index (κ1) is 14.2. The molecule has 0 saturated heterocycles. The molecule has 0 radical (unpaired) electrons. The second-order valence-electron chi connectivity index (χ2n) is 5.70. The minimum Gasteiger partial charge on any atom is -0.457 e. The zero-order chi connectivity index (χ0) is 14.7. The molecule has 0 bridgehead atoms. The van der Waals surface area contributed by atoms with E-state index in [4.69, 9.17) is 4.74 Å². The number of aliphatic hydroxyl groups is 1. The normalized spacial score (nSPS) is 15.3. The second kappa shape index (κ2) is 6.31. The maximum absolute atomic E-state index is 10.1. The van der Waals surface area contributed by atoms with Crippen LogP contribution in [0.1, 0.15) is 49.0 Å². The second-order valence-corrected chi connectivity index (χ2v) is 5.70. The van der Waals surface area contributed by atoms with Crippen LogP contribution in [0.3, 0.4) is 0 Å². The number of hydrogen-bond acceptors (Lipinski definition) is 2. The van der Waals surface area contributed by atoms with Gasteiger partial charge in [0, 0.05) is 5.56 Å². The van der Waals surface area contributed by atoms with E-state index in [1.54, 1.807) is 0 Å². The summed E-state index contributed by atoms with van der Waals surface area (Å²) in [5.41, 5.74) is 3.72. The Hall–Kier alpha value is -1.80. The van der Waals surface area contributed by atoms with Crippen molar-refractivity contribution in [3.05, 3.63) is 59.2 Å². The Morgan fingerprint density at radius 1 is 1.05 bits per heavy atom. The molecule has 1 aliphatic carbocycles. The third-order valence-corrected chi connectivity index (χ3v) is 4.21. The van der Waals surface area contributed by atoms with Gasteiger partial charge in [-0.2, -0.15) is 0 Å². The molecule has 1 N–H and O–H groups in total. The van der Waals surface area contributed by atoms with Crippen LogP contribution < -0.4 is 4.74 Å². The molecule has 0 spiro atoms. The number of hydrogen-bond donors (Lipinski definition) is 1. The quantitative estimate of drug-likeness (QED) is 0.872. The molecule has 21 heavy (non-hydrogen) atoms. The summed E-state index contributed by atoms with van der Waals surface area (Å²) >= 11 is 0. The summed E-state index contributed by atoms with van der Waals surface area (Å²) in [7, 11) is 0. The summed E-state index contributed by atoms with van der Waals surface area (Å²) in [6.45, 7) is 1.97. The molecule has 2 heteroatoms. The highest BCUT2D eigenvalue weighted by molar-refractivity contribution is 5.42. The molecule has 0 heterocycles. The van der Waals surface area contributed by atoms with E-state index in [0.717, 1.165) is 23.5 Å². The summed E-state index contributed by atoms with van der Waals surface area (Å²) in [5.74, 6) is 1.62. The van der Waals surface area contributed by atoms with Gasteiger partial charge >= 0.3 is 0 Å². The molecule has 3 rings (SSSR count). The first-order valence-corrected chi connectivity index (χ1v) is 7.84. The molecule has 1 atom stereocenters. The lowest BCUT2D eigenvalue weighted by Crippen LogP contribution is -2.03. The number of aryl methyl sites for hydroxylation is 2. The number of ether oxygens (including phenoxy) is 1. The lowest BCUT2D eigenvalue weighted by Gasteiger charge is -2.18. The molecule has 1 unspecified atom stereocenters. The standard InChI is InChI=1S/C19H22O2/c1-2-18(20)17-9-5-6-10-19(17)21-16-12-11-14-7-3-4-8-15(14)13-16/h5-6,9-13,18,20H,2-4,7-8H2,1H3. The Balaban J connectivity index is 1.87. The lowest BCUT2D eigenvalue weighted by molar-refractivity contribution is 0.170. The predicted octanol–water partition coefficient (Wildman–Crippen LogP) is 4.80. The van der Waals surface area contributed by atoms with Crippen LogP contribution in [0.5, 0.6) is 11.5 Å². The predicted molar refractivity (Wildman–Crippen MR) is 84.9 cm³/mol. The van der Waals surface area contributed by atoms with Crippen LogP contribution in [0.4, 0.5) is 0 Å². The number of fused-ring (bicyclic) bond motifs is 1. The minimum absolute atomic E-state index is 0.473. The molecule has 0 aliphatic heterocycles. The van der Waals surface area contributed by atoms with Crippen LogP contribution in [0.25, 0.3) is 0 Å². The largest absolute Gasteiger partial charge is 0.457 e. The number of rotatable bonds is 4. The van der Waals surface area contributed by atoms with E-state index >= 15 is 0 Å². The fourth-order valence-corrected chi connectivity index (χ4v) is 2.97. The average Bonchev–Trinajstić information content (AvgIpc) is 2.54. The van der Waals surface area contributed by atoms with Crippen molar-refractivity contribution in [2.75, 3.05) is 0 Å². The fourth-order valence-electron chi connectivity index (χ4n) is 2.97. The van der Waals surface area contributed by atoms with Crippen LogP contribution >= 0.6 is 0 Å². The van der Waals surface area contributed by atoms with Crippen LogP contribution in [0, 0.1) is 0 Å². The van der Waals surface area contributed by atoms with Crippen molar-refractivity contribution in [1.82, 2.24) is 0 Å². The van der Waals surface area contributed by atoms with Crippen LogP contribution in [0.15, 0.2) is 42.5 Å². The molecule has 110 valence electrons. The van der Waals surface area contributed by atoms with Gasteiger partial charge in [-0.25, -0.2) is 0 Å². The van der Waals surface area contributed by atoms with Crippen molar-refractivity contribution in [2.24, 2.45) is 0 Å². The van der Waals surface area contributed by atoms with E-state index in [1.165, 1.54) is 30.4 Å². The first-order valence-electron chi connectivity index (χ1n) is 7.84. The van der Waals surface area contributed by atoms with Crippen molar-refractivity contribution in [2.45, 2.75) is 45.1 Å². The Bertz CT molecular complexity index is 619. The van der Waals surface area contributed by atoms with E-state index in [-0.39, 0.29) is 0 Å². The highest BCUT2D eigenvalue weighted by Gasteiger charge is 2.14. The Morgan fingerprint density at radius 3 is 2.62 bits per heavy atom.